The summed E-state index contributed by atoms with van der Waals surface area (Å²) in [7, 11) is 0. The lowest BCUT2D eigenvalue weighted by molar-refractivity contribution is -0.146. The van der Waals surface area contributed by atoms with E-state index < -0.39 is 0 Å². The third-order valence-electron chi connectivity index (χ3n) is 2.18. The normalized spacial score (nSPS) is 9.32. The predicted molar refractivity (Wildman–Crippen MR) is 72.0 cm³/mol. The van der Waals surface area contributed by atoms with E-state index in [9.17, 15) is 4.79 Å². The van der Waals surface area contributed by atoms with Crippen molar-refractivity contribution in [3.05, 3.63) is 61.7 Å². The van der Waals surface area contributed by atoms with Crippen LogP contribution in [0.1, 0.15) is 6.42 Å². The van der Waals surface area contributed by atoms with Crippen LogP contribution >= 0.6 is 0 Å². The van der Waals surface area contributed by atoms with E-state index in [1.54, 1.807) is 21.5 Å². The van der Waals surface area contributed by atoms with Crippen LogP contribution in [0.2, 0.25) is 0 Å². The second kappa shape index (κ2) is 8.77. The van der Waals surface area contributed by atoms with Crippen molar-refractivity contribution in [2.45, 2.75) is 19.9 Å². The van der Waals surface area contributed by atoms with Crippen LogP contribution in [0.4, 0.5) is 0 Å². The number of esters is 1. The molecule has 2 heterocycles. The van der Waals surface area contributed by atoms with Crippen molar-refractivity contribution in [3.63, 3.8) is 0 Å². The Labute approximate surface area is 112 Å². The average molecular weight is 262 g/mol. The second-order valence-electron chi connectivity index (χ2n) is 3.67. The van der Waals surface area contributed by atoms with E-state index in [0.717, 1.165) is 0 Å². The first-order chi connectivity index (χ1) is 9.26. The molecule has 1 N–H and O–H groups in total. The summed E-state index contributed by atoms with van der Waals surface area (Å²) in [5.41, 5.74) is 0. The first-order valence-corrected chi connectivity index (χ1v) is 5.85. The Morgan fingerprint density at radius 2 is 1.63 bits per heavy atom. The van der Waals surface area contributed by atoms with Crippen LogP contribution in [0.25, 0.3) is 0 Å². The highest BCUT2D eigenvalue weighted by Gasteiger charge is 1.97. The minimum absolute atomic E-state index is 0.0764. The van der Waals surface area contributed by atoms with Crippen molar-refractivity contribution in [1.82, 2.24) is 9.13 Å². The van der Waals surface area contributed by atoms with Gasteiger partial charge in [-0.3, -0.25) is 4.79 Å². The van der Waals surface area contributed by atoms with Crippen molar-refractivity contribution in [3.8, 4) is 0 Å². The van der Waals surface area contributed by atoms with E-state index in [1.165, 1.54) is 6.08 Å². The molecule has 0 unspecified atom stereocenters. The number of aromatic nitrogens is 2. The van der Waals surface area contributed by atoms with Crippen molar-refractivity contribution < 1.29 is 14.6 Å². The van der Waals surface area contributed by atoms with Gasteiger partial charge in [0.05, 0.1) is 6.42 Å². The fourth-order valence-corrected chi connectivity index (χ4v) is 1.24. The van der Waals surface area contributed by atoms with Gasteiger partial charge in [0.15, 0.2) is 6.73 Å². The molecule has 5 heteroatoms. The lowest BCUT2D eigenvalue weighted by Gasteiger charge is -2.03. The molecule has 0 saturated carbocycles. The summed E-state index contributed by atoms with van der Waals surface area (Å²) in [6, 6.07) is 7.50. The van der Waals surface area contributed by atoms with Gasteiger partial charge in [0.25, 0.3) is 0 Å². The number of aliphatic hydroxyl groups is 1. The summed E-state index contributed by atoms with van der Waals surface area (Å²) in [6.45, 7) is 3.79. The summed E-state index contributed by atoms with van der Waals surface area (Å²) < 4.78 is 8.34. The van der Waals surface area contributed by atoms with Gasteiger partial charge in [0.2, 0.25) is 0 Å². The fraction of sp³-hybridized carbons (Fsp3) is 0.214. The van der Waals surface area contributed by atoms with E-state index >= 15 is 0 Å². The fourth-order valence-electron chi connectivity index (χ4n) is 1.24. The first kappa shape index (κ1) is 14.8. The van der Waals surface area contributed by atoms with Gasteiger partial charge in [0.1, 0.15) is 6.73 Å². The van der Waals surface area contributed by atoms with Crippen LogP contribution < -0.4 is 0 Å². The number of carbonyl (C=O) groups excluding carboxylic acids is 1. The first-order valence-electron chi connectivity index (χ1n) is 5.85. The van der Waals surface area contributed by atoms with Crippen LogP contribution in [0, 0.1) is 0 Å². The summed E-state index contributed by atoms with van der Waals surface area (Å²) >= 11 is 0. The summed E-state index contributed by atoms with van der Waals surface area (Å²) in [5, 5.41) is 8.39. The van der Waals surface area contributed by atoms with Crippen LogP contribution in [0.15, 0.2) is 61.7 Å². The average Bonchev–Trinajstić information content (AvgIpc) is 3.10. The molecule has 0 aliphatic carbocycles. The molecule has 5 nitrogen and oxygen atoms in total. The zero-order chi connectivity index (χ0) is 13.9. The van der Waals surface area contributed by atoms with Crippen molar-refractivity contribution in [2.24, 2.45) is 0 Å². The quantitative estimate of drug-likeness (QED) is 0.662. The van der Waals surface area contributed by atoms with Gasteiger partial charge in [0, 0.05) is 24.8 Å². The Kier molecular flexibility index (Phi) is 6.82. The summed E-state index contributed by atoms with van der Waals surface area (Å²) in [5.74, 6) is -0.251. The van der Waals surface area contributed by atoms with E-state index in [-0.39, 0.29) is 25.9 Å². The minimum atomic E-state index is -0.251. The van der Waals surface area contributed by atoms with Gasteiger partial charge in [-0.05, 0) is 24.3 Å². The Bertz CT molecular complexity index is 461. The number of rotatable bonds is 5. The molecule has 0 amide bonds. The highest BCUT2D eigenvalue weighted by Crippen LogP contribution is 1.93. The monoisotopic (exact) mass is 262 g/mol. The molecule has 0 aliphatic rings. The topological polar surface area (TPSA) is 56.4 Å². The number of aliphatic hydroxyl groups excluding tert-OH is 1. The molecule has 2 rings (SSSR count). The lowest BCUT2D eigenvalue weighted by Crippen LogP contribution is -2.06. The Balaban J connectivity index is 0.000000218. The molecule has 0 radical (unpaired) electrons. The highest BCUT2D eigenvalue weighted by molar-refractivity contribution is 5.70. The molecule has 2 aromatic rings. The number of hydrogen-bond acceptors (Lipinski definition) is 3. The lowest BCUT2D eigenvalue weighted by atomic mass is 10.4. The van der Waals surface area contributed by atoms with Gasteiger partial charge in [-0.2, -0.15) is 0 Å². The SMILES string of the molecule is C=CCC(=O)OCn1cccc1.OCn1cccc1. The molecular formula is C14H18N2O3. The Morgan fingerprint density at radius 1 is 1.11 bits per heavy atom. The molecule has 102 valence electrons. The molecule has 0 bridgehead atoms. The minimum Gasteiger partial charge on any atom is -0.444 e. The smallest absolute Gasteiger partial charge is 0.311 e. The van der Waals surface area contributed by atoms with Crippen LogP contribution in [-0.4, -0.2) is 20.2 Å². The maximum absolute atomic E-state index is 10.8. The molecule has 0 atom stereocenters. The number of ether oxygens (including phenoxy) is 1. The van der Waals surface area contributed by atoms with Crippen molar-refractivity contribution in [1.29, 1.82) is 0 Å². The Morgan fingerprint density at radius 3 is 2.05 bits per heavy atom. The second-order valence-corrected chi connectivity index (χ2v) is 3.67. The van der Waals surface area contributed by atoms with Crippen LogP contribution in [-0.2, 0) is 23.0 Å². The molecule has 0 fully saturated rings. The predicted octanol–water partition coefficient (Wildman–Crippen LogP) is 2.00. The molecule has 19 heavy (non-hydrogen) atoms. The number of carbonyl (C=O) groups is 1. The van der Waals surface area contributed by atoms with E-state index in [0.29, 0.717) is 0 Å². The number of hydrogen-bond donors (Lipinski definition) is 1. The summed E-state index contributed by atoms with van der Waals surface area (Å²) in [4.78, 5) is 10.8. The third kappa shape index (κ3) is 6.28. The molecule has 0 spiro atoms. The number of nitrogens with zero attached hydrogens (tertiary/aromatic N) is 2. The van der Waals surface area contributed by atoms with Gasteiger partial charge >= 0.3 is 5.97 Å². The van der Waals surface area contributed by atoms with E-state index in [4.69, 9.17) is 9.84 Å². The highest BCUT2D eigenvalue weighted by atomic mass is 16.5. The van der Waals surface area contributed by atoms with Gasteiger partial charge in [-0.1, -0.05) is 6.08 Å². The molecule has 0 aromatic carbocycles. The molecule has 2 aromatic heterocycles. The molecule has 0 aliphatic heterocycles. The zero-order valence-electron chi connectivity index (χ0n) is 10.7. The molecular weight excluding hydrogens is 244 g/mol. The van der Waals surface area contributed by atoms with Crippen LogP contribution in [0.5, 0.6) is 0 Å². The van der Waals surface area contributed by atoms with Crippen LogP contribution in [0.3, 0.4) is 0 Å². The van der Waals surface area contributed by atoms with E-state index in [1.807, 2.05) is 36.7 Å². The largest absolute Gasteiger partial charge is 0.444 e. The maximum Gasteiger partial charge on any atom is 0.311 e. The summed E-state index contributed by atoms with van der Waals surface area (Å²) in [6.07, 6.45) is 9.07. The van der Waals surface area contributed by atoms with Crippen molar-refractivity contribution in [2.75, 3.05) is 0 Å². The third-order valence-corrected chi connectivity index (χ3v) is 2.18. The van der Waals surface area contributed by atoms with Gasteiger partial charge in [-0.25, -0.2) is 0 Å². The van der Waals surface area contributed by atoms with Gasteiger partial charge < -0.3 is 19.0 Å². The maximum atomic E-state index is 10.8. The van der Waals surface area contributed by atoms with E-state index in [2.05, 4.69) is 6.58 Å². The zero-order valence-corrected chi connectivity index (χ0v) is 10.7. The van der Waals surface area contributed by atoms with Crippen molar-refractivity contribution >= 4 is 5.97 Å². The Hall–Kier alpha value is -2.27. The standard InChI is InChI=1S/C9H11NO2.C5H7NO/c1-2-5-9(11)12-8-10-6-3-4-7-10;7-5-6-3-1-2-4-6/h2-4,6-7H,1,5,8H2;1-4,7H,5H2. The van der Waals surface area contributed by atoms with Gasteiger partial charge in [-0.15, -0.1) is 6.58 Å². The molecule has 0 saturated heterocycles.